The van der Waals surface area contributed by atoms with Gasteiger partial charge in [-0.3, -0.25) is 9.78 Å². The third-order valence-corrected chi connectivity index (χ3v) is 5.06. The molecule has 3 heterocycles. The number of rotatable bonds is 4. The maximum absolute atomic E-state index is 12.3. The number of nitrogens with zero attached hydrogens (tertiary/aromatic N) is 3. The van der Waals surface area contributed by atoms with Crippen molar-refractivity contribution in [1.82, 2.24) is 20.3 Å². The van der Waals surface area contributed by atoms with Crippen LogP contribution in [0.4, 0.5) is 5.82 Å². The Morgan fingerprint density at radius 2 is 2.27 bits per heavy atom. The minimum absolute atomic E-state index is 0.0112. The third-order valence-electron chi connectivity index (χ3n) is 4.75. The first-order valence-electron chi connectivity index (χ1n) is 8.75. The number of aromatic amines is 1. The first kappa shape index (κ1) is 17.0. The lowest BCUT2D eigenvalue weighted by Gasteiger charge is -2.33. The summed E-state index contributed by atoms with van der Waals surface area (Å²) in [5, 5.41) is 4.73. The number of benzene rings is 1. The summed E-state index contributed by atoms with van der Waals surface area (Å²) in [6, 6.07) is 7.35. The Morgan fingerprint density at radius 1 is 1.35 bits per heavy atom. The van der Waals surface area contributed by atoms with E-state index < -0.39 is 0 Å². The van der Waals surface area contributed by atoms with E-state index in [-0.39, 0.29) is 5.43 Å². The lowest BCUT2D eigenvalue weighted by atomic mass is 10.1. The van der Waals surface area contributed by atoms with Gasteiger partial charge in [0, 0.05) is 55.2 Å². The number of hydrogen-bond donors (Lipinski definition) is 2. The summed E-state index contributed by atoms with van der Waals surface area (Å²) < 4.78 is 0. The minimum Gasteiger partial charge on any atom is -0.356 e. The van der Waals surface area contributed by atoms with Gasteiger partial charge in [-0.15, -0.1) is 0 Å². The van der Waals surface area contributed by atoms with Crippen LogP contribution in [0.15, 0.2) is 47.7 Å². The number of anilines is 1. The van der Waals surface area contributed by atoms with E-state index in [4.69, 9.17) is 11.6 Å². The molecule has 4 rings (SSSR count). The van der Waals surface area contributed by atoms with Gasteiger partial charge < -0.3 is 15.2 Å². The number of hydrogen-bond acceptors (Lipinski definition) is 5. The molecular weight excluding hydrogens is 350 g/mol. The SMILES string of the molecule is O=c1cc(CNC2CCCN(c3cnccn3)C2)[nH]c2c(Cl)cccc12. The van der Waals surface area contributed by atoms with E-state index in [1.807, 2.05) is 0 Å². The molecule has 134 valence electrons. The average molecular weight is 370 g/mol. The predicted molar refractivity (Wildman–Crippen MR) is 104 cm³/mol. The molecule has 1 aliphatic rings. The Hall–Kier alpha value is -2.44. The number of halogens is 1. The van der Waals surface area contributed by atoms with Crippen molar-refractivity contribution in [3.63, 3.8) is 0 Å². The van der Waals surface area contributed by atoms with Crippen LogP contribution in [0.25, 0.3) is 10.9 Å². The van der Waals surface area contributed by atoms with Gasteiger partial charge in [0.2, 0.25) is 0 Å². The summed E-state index contributed by atoms with van der Waals surface area (Å²) in [6.07, 6.45) is 7.38. The van der Waals surface area contributed by atoms with Crippen LogP contribution in [-0.4, -0.2) is 34.1 Å². The molecule has 0 bridgehead atoms. The van der Waals surface area contributed by atoms with E-state index in [9.17, 15) is 4.79 Å². The number of para-hydroxylation sites is 1. The van der Waals surface area contributed by atoms with Gasteiger partial charge in [-0.1, -0.05) is 17.7 Å². The normalized spacial score (nSPS) is 17.6. The molecule has 0 radical (unpaired) electrons. The van der Waals surface area contributed by atoms with E-state index in [1.165, 1.54) is 0 Å². The average Bonchev–Trinajstić information content (AvgIpc) is 2.68. The van der Waals surface area contributed by atoms with Crippen LogP contribution >= 0.6 is 11.6 Å². The molecule has 1 aromatic carbocycles. The first-order valence-corrected chi connectivity index (χ1v) is 9.13. The molecule has 3 aromatic rings. The van der Waals surface area contributed by atoms with E-state index in [1.54, 1.807) is 42.9 Å². The molecule has 2 aromatic heterocycles. The van der Waals surface area contributed by atoms with E-state index in [0.29, 0.717) is 28.5 Å². The Kier molecular flexibility index (Phi) is 4.86. The molecule has 7 heteroatoms. The van der Waals surface area contributed by atoms with Crippen molar-refractivity contribution in [2.24, 2.45) is 0 Å². The second kappa shape index (κ2) is 7.43. The summed E-state index contributed by atoms with van der Waals surface area (Å²) in [5.41, 5.74) is 1.53. The van der Waals surface area contributed by atoms with Crippen LogP contribution in [-0.2, 0) is 6.54 Å². The second-order valence-corrected chi connectivity index (χ2v) is 6.96. The lowest BCUT2D eigenvalue weighted by Crippen LogP contribution is -2.46. The summed E-state index contributed by atoms with van der Waals surface area (Å²) in [6.45, 7) is 2.45. The highest BCUT2D eigenvalue weighted by molar-refractivity contribution is 6.35. The Morgan fingerprint density at radius 3 is 3.12 bits per heavy atom. The zero-order valence-electron chi connectivity index (χ0n) is 14.3. The maximum Gasteiger partial charge on any atom is 0.189 e. The van der Waals surface area contributed by atoms with E-state index in [0.717, 1.165) is 37.4 Å². The summed E-state index contributed by atoms with van der Waals surface area (Å²) in [5.74, 6) is 0.907. The lowest BCUT2D eigenvalue weighted by molar-refractivity contribution is 0.418. The molecule has 1 fully saturated rings. The number of pyridine rings is 1. The highest BCUT2D eigenvalue weighted by Crippen LogP contribution is 2.20. The van der Waals surface area contributed by atoms with Gasteiger partial charge >= 0.3 is 0 Å². The Bertz CT molecular complexity index is 959. The quantitative estimate of drug-likeness (QED) is 0.739. The molecule has 1 unspecified atom stereocenters. The number of nitrogens with one attached hydrogen (secondary N) is 2. The van der Waals surface area contributed by atoms with Gasteiger partial charge in [0.05, 0.1) is 16.7 Å². The minimum atomic E-state index is -0.0112. The molecule has 1 saturated heterocycles. The van der Waals surface area contributed by atoms with Crippen molar-refractivity contribution in [2.75, 3.05) is 18.0 Å². The molecule has 1 aliphatic heterocycles. The fourth-order valence-electron chi connectivity index (χ4n) is 3.45. The summed E-state index contributed by atoms with van der Waals surface area (Å²) in [7, 11) is 0. The zero-order chi connectivity index (χ0) is 17.9. The highest BCUT2D eigenvalue weighted by Gasteiger charge is 2.20. The first-order chi connectivity index (χ1) is 12.7. The molecule has 0 spiro atoms. The number of piperidine rings is 1. The van der Waals surface area contributed by atoms with Crippen molar-refractivity contribution in [3.8, 4) is 0 Å². The van der Waals surface area contributed by atoms with Gasteiger partial charge in [-0.25, -0.2) is 4.98 Å². The van der Waals surface area contributed by atoms with Crippen LogP contribution in [0.5, 0.6) is 0 Å². The molecule has 0 amide bonds. The van der Waals surface area contributed by atoms with E-state index >= 15 is 0 Å². The molecule has 6 nitrogen and oxygen atoms in total. The molecule has 26 heavy (non-hydrogen) atoms. The van der Waals surface area contributed by atoms with Crippen molar-refractivity contribution in [2.45, 2.75) is 25.4 Å². The molecular formula is C19H20ClN5O. The van der Waals surface area contributed by atoms with Gasteiger partial charge in [-0.2, -0.15) is 0 Å². The van der Waals surface area contributed by atoms with Crippen molar-refractivity contribution >= 4 is 28.3 Å². The Labute approximate surface area is 156 Å². The van der Waals surface area contributed by atoms with Gasteiger partial charge in [0.15, 0.2) is 5.43 Å². The van der Waals surface area contributed by atoms with Crippen molar-refractivity contribution < 1.29 is 0 Å². The predicted octanol–water partition coefficient (Wildman–Crippen LogP) is 2.73. The van der Waals surface area contributed by atoms with Crippen LogP contribution in [0.1, 0.15) is 18.5 Å². The maximum atomic E-state index is 12.3. The smallest absolute Gasteiger partial charge is 0.189 e. The van der Waals surface area contributed by atoms with Crippen LogP contribution in [0, 0.1) is 0 Å². The molecule has 1 atom stereocenters. The van der Waals surface area contributed by atoms with Gasteiger partial charge in [0.25, 0.3) is 0 Å². The topological polar surface area (TPSA) is 73.9 Å². The van der Waals surface area contributed by atoms with Crippen molar-refractivity contribution in [1.29, 1.82) is 0 Å². The monoisotopic (exact) mass is 369 g/mol. The number of H-pyrrole nitrogens is 1. The summed E-state index contributed by atoms with van der Waals surface area (Å²) >= 11 is 6.23. The Balaban J connectivity index is 1.46. The zero-order valence-corrected chi connectivity index (χ0v) is 15.0. The van der Waals surface area contributed by atoms with Crippen LogP contribution in [0.2, 0.25) is 5.02 Å². The van der Waals surface area contributed by atoms with Crippen molar-refractivity contribution in [3.05, 3.63) is 63.8 Å². The third kappa shape index (κ3) is 3.57. The standard InChI is InChI=1S/C19H20ClN5O/c20-16-5-1-4-15-17(26)9-14(24-19(15)16)10-23-13-3-2-8-25(12-13)18-11-21-6-7-22-18/h1,4-7,9,11,13,23H,2-3,8,10,12H2,(H,24,26). The van der Waals surface area contributed by atoms with Gasteiger partial charge in [-0.05, 0) is 25.0 Å². The molecule has 2 N–H and O–H groups in total. The summed E-state index contributed by atoms with van der Waals surface area (Å²) in [4.78, 5) is 26.4. The van der Waals surface area contributed by atoms with Gasteiger partial charge in [0.1, 0.15) is 5.82 Å². The molecule has 0 aliphatic carbocycles. The van der Waals surface area contributed by atoms with Crippen LogP contribution < -0.4 is 15.6 Å². The second-order valence-electron chi connectivity index (χ2n) is 6.55. The van der Waals surface area contributed by atoms with E-state index in [2.05, 4.69) is 25.2 Å². The molecule has 0 saturated carbocycles. The number of fused-ring (bicyclic) bond motifs is 1. The number of aromatic nitrogens is 3. The highest BCUT2D eigenvalue weighted by atomic mass is 35.5. The largest absolute Gasteiger partial charge is 0.356 e. The fourth-order valence-corrected chi connectivity index (χ4v) is 3.67. The van der Waals surface area contributed by atoms with Crippen LogP contribution in [0.3, 0.4) is 0 Å². The fraction of sp³-hybridized carbons (Fsp3) is 0.316.